The Hall–Kier alpha value is -0.870. The van der Waals surface area contributed by atoms with Crippen LogP contribution in [0, 0.1) is 0 Å². The third-order valence-electron chi connectivity index (χ3n) is 3.36. The van der Waals surface area contributed by atoms with Gasteiger partial charge < -0.3 is 14.6 Å². The van der Waals surface area contributed by atoms with E-state index in [2.05, 4.69) is 6.92 Å². The first kappa shape index (κ1) is 20.1. The molecule has 0 fully saturated rings. The molecule has 0 aromatic rings. The lowest BCUT2D eigenvalue weighted by atomic mass is 10.0. The Morgan fingerprint density at radius 2 is 1.81 bits per heavy atom. The van der Waals surface area contributed by atoms with Crippen LogP contribution in [0.2, 0.25) is 0 Å². The van der Waals surface area contributed by atoms with Gasteiger partial charge >= 0.3 is 5.97 Å². The average molecular weight is 300 g/mol. The molecule has 4 nitrogen and oxygen atoms in total. The second-order valence-electron chi connectivity index (χ2n) is 5.10. The molecule has 0 radical (unpaired) electrons. The average Bonchev–Trinajstić information content (AvgIpc) is 2.46. The van der Waals surface area contributed by atoms with Crippen molar-refractivity contribution in [2.45, 2.75) is 71.8 Å². The maximum Gasteiger partial charge on any atom is 0.333 e. The summed E-state index contributed by atoms with van der Waals surface area (Å²) < 4.78 is 10.9. The number of aliphatic carboxylic acids is 1. The van der Waals surface area contributed by atoms with E-state index in [9.17, 15) is 9.90 Å². The largest absolute Gasteiger partial charge is 0.478 e. The molecule has 0 amide bonds. The van der Waals surface area contributed by atoms with Crippen LogP contribution in [-0.4, -0.2) is 37.0 Å². The summed E-state index contributed by atoms with van der Waals surface area (Å²) in [5.74, 6) is -0.876. The molecule has 0 rings (SSSR count). The van der Waals surface area contributed by atoms with E-state index < -0.39 is 5.97 Å². The van der Waals surface area contributed by atoms with E-state index >= 15 is 0 Å². The molecule has 0 bridgehead atoms. The molecule has 124 valence electrons. The smallest absolute Gasteiger partial charge is 0.333 e. The molecule has 21 heavy (non-hydrogen) atoms. The van der Waals surface area contributed by atoms with E-state index in [0.717, 1.165) is 19.3 Å². The Balaban J connectivity index is 4.39. The zero-order chi connectivity index (χ0) is 15.9. The molecule has 0 aromatic heterocycles. The van der Waals surface area contributed by atoms with Crippen LogP contribution in [0.25, 0.3) is 0 Å². The van der Waals surface area contributed by atoms with Gasteiger partial charge in [0.15, 0.2) is 0 Å². The minimum absolute atomic E-state index is 0.366. The number of rotatable bonds is 14. The lowest BCUT2D eigenvalue weighted by Crippen LogP contribution is -2.23. The van der Waals surface area contributed by atoms with Crippen molar-refractivity contribution in [3.8, 4) is 0 Å². The molecule has 0 saturated heterocycles. The summed E-state index contributed by atoms with van der Waals surface area (Å²) in [6, 6.07) is 0. The zero-order valence-corrected chi connectivity index (χ0v) is 13.9. The molecule has 0 spiro atoms. The number of carbonyl (C=O) groups is 1. The maximum absolute atomic E-state index is 11.4. The summed E-state index contributed by atoms with van der Waals surface area (Å²) in [5, 5.41) is 9.38. The lowest BCUT2D eigenvalue weighted by molar-refractivity contribution is -0.134. The molecule has 1 unspecified atom stereocenters. The topological polar surface area (TPSA) is 55.8 Å². The van der Waals surface area contributed by atoms with Crippen LogP contribution in [0.4, 0.5) is 0 Å². The minimum Gasteiger partial charge on any atom is -0.478 e. The Morgan fingerprint density at radius 3 is 2.38 bits per heavy atom. The molecule has 4 heteroatoms. The van der Waals surface area contributed by atoms with Crippen molar-refractivity contribution < 1.29 is 19.4 Å². The summed E-state index contributed by atoms with van der Waals surface area (Å²) in [6.07, 6.45) is 8.78. The van der Waals surface area contributed by atoms with E-state index in [1.165, 1.54) is 19.3 Å². The third kappa shape index (κ3) is 10.5. The summed E-state index contributed by atoms with van der Waals surface area (Å²) in [6.45, 7) is 7.69. The number of carboxylic acids is 1. The summed E-state index contributed by atoms with van der Waals surface area (Å²) >= 11 is 0. The van der Waals surface area contributed by atoms with Crippen LogP contribution in [0.15, 0.2) is 11.6 Å². The van der Waals surface area contributed by atoms with Crippen molar-refractivity contribution in [1.82, 2.24) is 0 Å². The predicted octanol–water partition coefficient (Wildman–Crippen LogP) is 4.19. The first-order valence-corrected chi connectivity index (χ1v) is 8.29. The molecule has 1 N–H and O–H groups in total. The minimum atomic E-state index is -0.876. The van der Waals surface area contributed by atoms with Gasteiger partial charge in [-0.2, -0.15) is 0 Å². The van der Waals surface area contributed by atoms with Crippen LogP contribution >= 0.6 is 0 Å². The second-order valence-corrected chi connectivity index (χ2v) is 5.10. The first-order chi connectivity index (χ1) is 10.2. The number of hydrogen-bond acceptors (Lipinski definition) is 3. The fourth-order valence-electron chi connectivity index (χ4n) is 2.23. The number of ether oxygens (including phenoxy) is 2. The third-order valence-corrected chi connectivity index (χ3v) is 3.36. The van der Waals surface area contributed by atoms with Gasteiger partial charge in [-0.3, -0.25) is 0 Å². The fourth-order valence-corrected chi connectivity index (χ4v) is 2.23. The van der Waals surface area contributed by atoms with Gasteiger partial charge in [0.2, 0.25) is 0 Å². The molecule has 0 heterocycles. The highest BCUT2D eigenvalue weighted by atomic mass is 16.5. The molecule has 0 aliphatic rings. The highest BCUT2D eigenvalue weighted by molar-refractivity contribution is 5.87. The number of unbranched alkanes of at least 4 members (excludes halogenated alkanes) is 5. The van der Waals surface area contributed by atoms with Gasteiger partial charge in [0.1, 0.15) is 0 Å². The first-order valence-electron chi connectivity index (χ1n) is 8.29. The Morgan fingerprint density at radius 1 is 1.10 bits per heavy atom. The number of carboxylic acid groups (broad SMARTS) is 1. The van der Waals surface area contributed by atoms with Crippen molar-refractivity contribution in [3.63, 3.8) is 0 Å². The summed E-state index contributed by atoms with van der Waals surface area (Å²) in [5.41, 5.74) is 0.382. The SMILES string of the molecule is CCCCCCCC=C(C(=O)O)C(CCOCC)OCC. The summed E-state index contributed by atoms with van der Waals surface area (Å²) in [4.78, 5) is 11.4. The number of hydrogen-bond donors (Lipinski definition) is 1. The molecular formula is C17H32O4. The van der Waals surface area contributed by atoms with Crippen LogP contribution in [0.3, 0.4) is 0 Å². The van der Waals surface area contributed by atoms with Crippen molar-refractivity contribution in [3.05, 3.63) is 11.6 Å². The van der Waals surface area contributed by atoms with Gasteiger partial charge in [0.05, 0.1) is 11.7 Å². The fraction of sp³-hybridized carbons (Fsp3) is 0.824. The van der Waals surface area contributed by atoms with Crippen molar-refractivity contribution in [2.24, 2.45) is 0 Å². The van der Waals surface area contributed by atoms with Crippen LogP contribution in [0.1, 0.15) is 65.7 Å². The second kappa shape index (κ2) is 14.1. The van der Waals surface area contributed by atoms with Crippen molar-refractivity contribution in [2.75, 3.05) is 19.8 Å². The predicted molar refractivity (Wildman–Crippen MR) is 85.6 cm³/mol. The van der Waals surface area contributed by atoms with E-state index in [0.29, 0.717) is 31.8 Å². The lowest BCUT2D eigenvalue weighted by Gasteiger charge is -2.18. The molecular weight excluding hydrogens is 268 g/mol. The highest BCUT2D eigenvalue weighted by Crippen LogP contribution is 2.15. The molecule has 0 aliphatic carbocycles. The van der Waals surface area contributed by atoms with Gasteiger partial charge in [0, 0.05) is 26.2 Å². The Kier molecular flexibility index (Phi) is 13.5. The number of allylic oxidation sites excluding steroid dienone is 1. The highest BCUT2D eigenvalue weighted by Gasteiger charge is 2.20. The van der Waals surface area contributed by atoms with Crippen LogP contribution in [0.5, 0.6) is 0 Å². The maximum atomic E-state index is 11.4. The Labute approximate surface area is 129 Å². The Bertz CT molecular complexity index is 287. The van der Waals surface area contributed by atoms with Gasteiger partial charge in [-0.1, -0.05) is 38.7 Å². The monoisotopic (exact) mass is 300 g/mol. The van der Waals surface area contributed by atoms with Gasteiger partial charge in [-0.15, -0.1) is 0 Å². The molecule has 0 aromatic carbocycles. The van der Waals surface area contributed by atoms with Crippen LogP contribution in [-0.2, 0) is 14.3 Å². The van der Waals surface area contributed by atoms with E-state index in [1.807, 2.05) is 19.9 Å². The van der Waals surface area contributed by atoms with Gasteiger partial charge in [0.25, 0.3) is 0 Å². The zero-order valence-electron chi connectivity index (χ0n) is 13.9. The van der Waals surface area contributed by atoms with E-state index in [1.54, 1.807) is 0 Å². The molecule has 0 aliphatic heterocycles. The van der Waals surface area contributed by atoms with Crippen molar-refractivity contribution >= 4 is 5.97 Å². The van der Waals surface area contributed by atoms with Crippen LogP contribution < -0.4 is 0 Å². The van der Waals surface area contributed by atoms with E-state index in [-0.39, 0.29) is 6.10 Å². The normalized spacial score (nSPS) is 13.4. The van der Waals surface area contributed by atoms with Crippen molar-refractivity contribution in [1.29, 1.82) is 0 Å². The van der Waals surface area contributed by atoms with Gasteiger partial charge in [-0.05, 0) is 26.7 Å². The quantitative estimate of drug-likeness (QED) is 0.386. The summed E-state index contributed by atoms with van der Waals surface area (Å²) in [7, 11) is 0. The standard InChI is InChI=1S/C17H32O4/c1-4-7-8-9-10-11-12-15(17(18)19)16(21-6-3)13-14-20-5-2/h12,16H,4-11,13-14H2,1-3H3,(H,18,19). The molecule has 1 atom stereocenters. The molecule has 0 saturated carbocycles. The van der Waals surface area contributed by atoms with Gasteiger partial charge in [-0.25, -0.2) is 4.79 Å². The van der Waals surface area contributed by atoms with E-state index in [4.69, 9.17) is 9.47 Å².